The van der Waals surface area contributed by atoms with Crippen LogP contribution in [0.25, 0.3) is 0 Å². The minimum Gasteiger partial charge on any atom is -0.381 e. The minimum atomic E-state index is -3.36. The summed E-state index contributed by atoms with van der Waals surface area (Å²) in [6, 6.07) is 5.32. The van der Waals surface area contributed by atoms with E-state index in [4.69, 9.17) is 4.74 Å². The highest BCUT2D eigenvalue weighted by molar-refractivity contribution is 7.89. The second-order valence-electron chi connectivity index (χ2n) is 5.09. The Kier molecular flexibility index (Phi) is 4.28. The van der Waals surface area contributed by atoms with Crippen molar-refractivity contribution in [1.29, 1.82) is 0 Å². The Morgan fingerprint density at radius 3 is 2.32 bits per heavy atom. The SMILES string of the molecule is COC1CCN(S(=O)(=O)c2ccc(C)c(C)c2)CC1. The zero-order chi connectivity index (χ0) is 14.0. The standard InChI is InChI=1S/C14H21NO3S/c1-11-4-5-14(10-12(11)2)19(16,17)15-8-6-13(18-3)7-9-15/h4-5,10,13H,6-9H2,1-3H3. The molecule has 1 aromatic rings. The number of nitrogens with zero attached hydrogens (tertiary/aromatic N) is 1. The minimum absolute atomic E-state index is 0.186. The maximum Gasteiger partial charge on any atom is 0.243 e. The van der Waals surface area contributed by atoms with Crippen LogP contribution in [0.15, 0.2) is 23.1 Å². The number of benzene rings is 1. The third-order valence-corrected chi connectivity index (χ3v) is 5.75. The fourth-order valence-corrected chi connectivity index (χ4v) is 3.89. The molecule has 0 bridgehead atoms. The van der Waals surface area contributed by atoms with Gasteiger partial charge in [0.1, 0.15) is 0 Å². The molecule has 4 nitrogen and oxygen atoms in total. The summed E-state index contributed by atoms with van der Waals surface area (Å²) in [5.41, 5.74) is 2.12. The van der Waals surface area contributed by atoms with E-state index < -0.39 is 10.0 Å². The van der Waals surface area contributed by atoms with Crippen molar-refractivity contribution in [3.8, 4) is 0 Å². The number of methoxy groups -OCH3 is 1. The third-order valence-electron chi connectivity index (χ3n) is 3.85. The molecule has 0 spiro atoms. The highest BCUT2D eigenvalue weighted by atomic mass is 32.2. The van der Waals surface area contributed by atoms with Gasteiger partial charge in [0, 0.05) is 20.2 Å². The summed E-state index contributed by atoms with van der Waals surface area (Å²) >= 11 is 0. The normalized spacial score (nSPS) is 18.7. The lowest BCUT2D eigenvalue weighted by molar-refractivity contribution is 0.0604. The molecule has 1 aromatic carbocycles. The van der Waals surface area contributed by atoms with Crippen LogP contribution in [0, 0.1) is 13.8 Å². The molecule has 0 saturated carbocycles. The molecule has 2 rings (SSSR count). The number of piperidine rings is 1. The summed E-state index contributed by atoms with van der Waals surface area (Å²) in [5.74, 6) is 0. The topological polar surface area (TPSA) is 46.6 Å². The van der Waals surface area contributed by atoms with Crippen molar-refractivity contribution in [2.45, 2.75) is 37.7 Å². The fourth-order valence-electron chi connectivity index (χ4n) is 2.33. The third kappa shape index (κ3) is 2.99. The lowest BCUT2D eigenvalue weighted by Gasteiger charge is -2.30. The van der Waals surface area contributed by atoms with E-state index in [1.54, 1.807) is 23.5 Å². The smallest absolute Gasteiger partial charge is 0.243 e. The van der Waals surface area contributed by atoms with Gasteiger partial charge < -0.3 is 4.74 Å². The van der Waals surface area contributed by atoms with Crippen LogP contribution < -0.4 is 0 Å². The van der Waals surface area contributed by atoms with Gasteiger partial charge in [0.05, 0.1) is 11.0 Å². The average molecular weight is 283 g/mol. The average Bonchev–Trinajstić information content (AvgIpc) is 2.41. The predicted octanol–water partition coefficient (Wildman–Crippen LogP) is 2.10. The van der Waals surface area contributed by atoms with Gasteiger partial charge in [0.2, 0.25) is 10.0 Å². The molecule has 0 N–H and O–H groups in total. The van der Waals surface area contributed by atoms with Gasteiger partial charge in [-0.3, -0.25) is 0 Å². The molecule has 1 saturated heterocycles. The summed E-state index contributed by atoms with van der Waals surface area (Å²) in [6.07, 6.45) is 1.72. The van der Waals surface area contributed by atoms with E-state index in [0.29, 0.717) is 18.0 Å². The van der Waals surface area contributed by atoms with Gasteiger partial charge in [0.15, 0.2) is 0 Å². The summed E-state index contributed by atoms with van der Waals surface area (Å²) < 4.78 is 31.9. The fraction of sp³-hybridized carbons (Fsp3) is 0.571. The highest BCUT2D eigenvalue weighted by Gasteiger charge is 2.29. The van der Waals surface area contributed by atoms with E-state index in [1.807, 2.05) is 19.9 Å². The number of hydrogen-bond acceptors (Lipinski definition) is 3. The van der Waals surface area contributed by atoms with E-state index in [2.05, 4.69) is 0 Å². The highest BCUT2D eigenvalue weighted by Crippen LogP contribution is 2.23. The molecule has 0 radical (unpaired) electrons. The first kappa shape index (κ1) is 14.5. The van der Waals surface area contributed by atoms with E-state index in [1.165, 1.54) is 0 Å². The van der Waals surface area contributed by atoms with Crippen LogP contribution in [0.4, 0.5) is 0 Å². The summed E-state index contributed by atoms with van der Waals surface area (Å²) in [4.78, 5) is 0.395. The van der Waals surface area contributed by atoms with Gasteiger partial charge in [-0.1, -0.05) is 6.07 Å². The van der Waals surface area contributed by atoms with Crippen LogP contribution >= 0.6 is 0 Å². The van der Waals surface area contributed by atoms with Crippen molar-refractivity contribution in [3.63, 3.8) is 0 Å². The van der Waals surface area contributed by atoms with Gasteiger partial charge in [-0.25, -0.2) is 8.42 Å². The zero-order valence-electron chi connectivity index (χ0n) is 11.7. The van der Waals surface area contributed by atoms with E-state index in [0.717, 1.165) is 24.0 Å². The molecule has 0 unspecified atom stereocenters. The van der Waals surface area contributed by atoms with Crippen molar-refractivity contribution in [3.05, 3.63) is 29.3 Å². The summed E-state index contributed by atoms with van der Waals surface area (Å²) in [6.45, 7) is 4.99. The van der Waals surface area contributed by atoms with Gasteiger partial charge in [-0.05, 0) is 49.9 Å². The Labute approximate surface area is 115 Å². The Morgan fingerprint density at radius 1 is 1.16 bits per heavy atom. The maximum atomic E-state index is 12.5. The van der Waals surface area contributed by atoms with Crippen molar-refractivity contribution in [2.24, 2.45) is 0 Å². The molecule has 1 aliphatic rings. The first-order valence-corrected chi connectivity index (χ1v) is 7.99. The van der Waals surface area contributed by atoms with Crippen LogP contribution in [0.5, 0.6) is 0 Å². The molecule has 0 atom stereocenters. The monoisotopic (exact) mass is 283 g/mol. The second-order valence-corrected chi connectivity index (χ2v) is 7.02. The lowest BCUT2D eigenvalue weighted by atomic mass is 10.1. The first-order chi connectivity index (χ1) is 8.95. The quantitative estimate of drug-likeness (QED) is 0.853. The van der Waals surface area contributed by atoms with Gasteiger partial charge in [-0.2, -0.15) is 4.31 Å². The number of rotatable bonds is 3. The molecular weight excluding hydrogens is 262 g/mol. The number of aryl methyl sites for hydroxylation is 2. The molecule has 19 heavy (non-hydrogen) atoms. The molecule has 1 heterocycles. The van der Waals surface area contributed by atoms with E-state index in [-0.39, 0.29) is 6.10 Å². The van der Waals surface area contributed by atoms with Crippen molar-refractivity contribution < 1.29 is 13.2 Å². The summed E-state index contributed by atoms with van der Waals surface area (Å²) in [5, 5.41) is 0. The molecule has 0 aliphatic carbocycles. The van der Waals surface area contributed by atoms with Crippen molar-refractivity contribution >= 4 is 10.0 Å². The Morgan fingerprint density at radius 2 is 1.79 bits per heavy atom. The van der Waals surface area contributed by atoms with E-state index in [9.17, 15) is 8.42 Å². The Hall–Kier alpha value is -0.910. The van der Waals surface area contributed by atoms with Crippen LogP contribution in [0.3, 0.4) is 0 Å². The zero-order valence-corrected chi connectivity index (χ0v) is 12.5. The number of sulfonamides is 1. The van der Waals surface area contributed by atoms with Crippen LogP contribution in [-0.4, -0.2) is 39.0 Å². The van der Waals surface area contributed by atoms with Gasteiger partial charge in [0.25, 0.3) is 0 Å². The van der Waals surface area contributed by atoms with Crippen molar-refractivity contribution in [2.75, 3.05) is 20.2 Å². The lowest BCUT2D eigenvalue weighted by Crippen LogP contribution is -2.40. The molecule has 106 valence electrons. The molecule has 0 amide bonds. The Bertz CT molecular complexity index is 546. The van der Waals surface area contributed by atoms with Crippen LogP contribution in [0.2, 0.25) is 0 Å². The largest absolute Gasteiger partial charge is 0.381 e. The van der Waals surface area contributed by atoms with Crippen LogP contribution in [-0.2, 0) is 14.8 Å². The Balaban J connectivity index is 2.21. The second kappa shape index (κ2) is 5.61. The number of hydrogen-bond donors (Lipinski definition) is 0. The van der Waals surface area contributed by atoms with Crippen molar-refractivity contribution in [1.82, 2.24) is 4.31 Å². The first-order valence-electron chi connectivity index (χ1n) is 6.55. The van der Waals surface area contributed by atoms with Gasteiger partial charge >= 0.3 is 0 Å². The number of ether oxygens (including phenoxy) is 1. The molecular formula is C14H21NO3S. The van der Waals surface area contributed by atoms with Crippen LogP contribution in [0.1, 0.15) is 24.0 Å². The maximum absolute atomic E-state index is 12.5. The van der Waals surface area contributed by atoms with E-state index >= 15 is 0 Å². The molecule has 1 fully saturated rings. The van der Waals surface area contributed by atoms with Gasteiger partial charge in [-0.15, -0.1) is 0 Å². The molecule has 0 aromatic heterocycles. The summed E-state index contributed by atoms with van der Waals surface area (Å²) in [7, 11) is -1.68. The predicted molar refractivity (Wildman–Crippen MR) is 74.7 cm³/mol. The molecule has 1 aliphatic heterocycles. The molecule has 5 heteroatoms.